The Hall–Kier alpha value is -3.62. The maximum absolute atomic E-state index is 9.43. The van der Waals surface area contributed by atoms with E-state index in [9.17, 15) is 5.21 Å². The van der Waals surface area contributed by atoms with E-state index in [0.29, 0.717) is 34.2 Å². The topological polar surface area (TPSA) is 78.9 Å². The average Bonchev–Trinajstić information content (AvgIpc) is 2.72. The molecule has 0 bridgehead atoms. The molecular weight excluding hydrogens is 340 g/mol. The lowest BCUT2D eigenvalue weighted by molar-refractivity contribution is 0.302. The lowest BCUT2D eigenvalue weighted by Crippen LogP contribution is -2.04. The zero-order valence-electron chi connectivity index (χ0n) is 14.4. The summed E-state index contributed by atoms with van der Waals surface area (Å²) in [5, 5.41) is 24.8. The van der Waals surface area contributed by atoms with Crippen molar-refractivity contribution in [3.63, 3.8) is 0 Å². The summed E-state index contributed by atoms with van der Waals surface area (Å²) in [4.78, 5) is 4.47. The molecule has 4 aromatic rings. The third-order valence-electron chi connectivity index (χ3n) is 4.21. The van der Waals surface area contributed by atoms with E-state index in [1.54, 1.807) is 24.4 Å². The maximum atomic E-state index is 9.43. The molecule has 5 nitrogen and oxygen atoms in total. The second kappa shape index (κ2) is 7.32. The molecule has 4 rings (SSSR count). The highest BCUT2D eigenvalue weighted by Gasteiger charge is 2.09. The molecule has 0 atom stereocenters. The Bertz CT molecular complexity index is 1260. The number of rotatable bonds is 2. The molecule has 0 aliphatic carbocycles. The smallest absolute Gasteiger partial charge is 0.155 e. The first-order chi connectivity index (χ1) is 13.3. The fraction of sp³-hybridized carbons (Fsp3) is 0.0909. The van der Waals surface area contributed by atoms with E-state index in [0.717, 1.165) is 16.3 Å². The SMILES string of the molecule is OCCC#Cc1ccc2c(=NO)cc(-c3cc4ccccc4cn3)oc2c1. The monoisotopic (exact) mass is 356 g/mol. The summed E-state index contributed by atoms with van der Waals surface area (Å²) >= 11 is 0. The number of nitrogens with zero attached hydrogens (tertiary/aromatic N) is 2. The van der Waals surface area contributed by atoms with Crippen molar-refractivity contribution in [2.75, 3.05) is 6.61 Å². The fourth-order valence-electron chi connectivity index (χ4n) is 2.89. The lowest BCUT2D eigenvalue weighted by atomic mass is 10.1. The van der Waals surface area contributed by atoms with Gasteiger partial charge in [-0.25, -0.2) is 0 Å². The molecule has 0 saturated heterocycles. The Morgan fingerprint density at radius 2 is 1.89 bits per heavy atom. The summed E-state index contributed by atoms with van der Waals surface area (Å²) in [7, 11) is 0. The Balaban J connectivity index is 1.88. The van der Waals surface area contributed by atoms with Gasteiger partial charge in [0.15, 0.2) is 5.76 Å². The Morgan fingerprint density at radius 1 is 1.04 bits per heavy atom. The molecule has 0 unspecified atom stereocenters. The summed E-state index contributed by atoms with van der Waals surface area (Å²) in [6.07, 6.45) is 2.20. The van der Waals surface area contributed by atoms with E-state index in [1.165, 1.54) is 0 Å². The molecule has 2 heterocycles. The largest absolute Gasteiger partial charge is 0.454 e. The van der Waals surface area contributed by atoms with Gasteiger partial charge in [0, 0.05) is 35.0 Å². The van der Waals surface area contributed by atoms with E-state index < -0.39 is 0 Å². The van der Waals surface area contributed by atoms with Crippen LogP contribution in [0.25, 0.3) is 33.2 Å². The highest BCUT2D eigenvalue weighted by atomic mass is 16.4. The van der Waals surface area contributed by atoms with Crippen LogP contribution in [0.4, 0.5) is 0 Å². The molecule has 2 aromatic heterocycles. The molecule has 5 heteroatoms. The van der Waals surface area contributed by atoms with Gasteiger partial charge in [0.25, 0.3) is 0 Å². The predicted octanol–water partition coefficient (Wildman–Crippen LogP) is 3.67. The van der Waals surface area contributed by atoms with Crippen LogP contribution in [-0.2, 0) is 0 Å². The second-order valence-corrected chi connectivity index (χ2v) is 6.00. The fourth-order valence-corrected chi connectivity index (χ4v) is 2.89. The number of aliphatic hydroxyl groups excluding tert-OH is 1. The highest BCUT2D eigenvalue weighted by Crippen LogP contribution is 2.24. The molecule has 0 saturated carbocycles. The number of fused-ring (bicyclic) bond motifs is 2. The molecule has 2 N–H and O–H groups in total. The zero-order valence-corrected chi connectivity index (χ0v) is 14.4. The first kappa shape index (κ1) is 16.8. The minimum absolute atomic E-state index is 0.0241. The van der Waals surface area contributed by atoms with Gasteiger partial charge in [-0.1, -0.05) is 41.3 Å². The van der Waals surface area contributed by atoms with Crippen molar-refractivity contribution in [3.8, 4) is 23.3 Å². The number of hydrogen-bond acceptors (Lipinski definition) is 5. The molecule has 0 aliphatic rings. The third-order valence-corrected chi connectivity index (χ3v) is 4.21. The normalized spacial score (nSPS) is 11.5. The quantitative estimate of drug-likeness (QED) is 0.326. The van der Waals surface area contributed by atoms with Crippen LogP contribution in [0.15, 0.2) is 70.4 Å². The molecule has 132 valence electrons. The second-order valence-electron chi connectivity index (χ2n) is 6.00. The van der Waals surface area contributed by atoms with Crippen LogP contribution in [-0.4, -0.2) is 21.9 Å². The highest BCUT2D eigenvalue weighted by molar-refractivity contribution is 5.85. The van der Waals surface area contributed by atoms with Crippen molar-refractivity contribution in [3.05, 3.63) is 71.7 Å². The van der Waals surface area contributed by atoms with Crippen molar-refractivity contribution in [2.24, 2.45) is 5.16 Å². The molecule has 0 amide bonds. The number of pyridine rings is 1. The van der Waals surface area contributed by atoms with Gasteiger partial charge in [-0.2, -0.15) is 0 Å². The van der Waals surface area contributed by atoms with Crippen LogP contribution >= 0.6 is 0 Å². The van der Waals surface area contributed by atoms with Gasteiger partial charge >= 0.3 is 0 Å². The van der Waals surface area contributed by atoms with E-state index in [1.807, 2.05) is 36.4 Å². The molecule has 27 heavy (non-hydrogen) atoms. The Kier molecular flexibility index (Phi) is 4.56. The molecule has 0 fully saturated rings. The minimum atomic E-state index is 0.0241. The minimum Gasteiger partial charge on any atom is -0.454 e. The summed E-state index contributed by atoms with van der Waals surface area (Å²) in [5.41, 5.74) is 1.95. The van der Waals surface area contributed by atoms with Gasteiger partial charge in [-0.15, -0.1) is 0 Å². The Labute approximate surface area is 155 Å². The van der Waals surface area contributed by atoms with E-state index >= 15 is 0 Å². The van der Waals surface area contributed by atoms with Gasteiger partial charge in [0.05, 0.1) is 6.61 Å². The number of benzene rings is 2. The van der Waals surface area contributed by atoms with Gasteiger partial charge in [-0.3, -0.25) is 4.98 Å². The van der Waals surface area contributed by atoms with Gasteiger partial charge in [0.2, 0.25) is 0 Å². The third kappa shape index (κ3) is 3.39. The summed E-state index contributed by atoms with van der Waals surface area (Å²) in [6.45, 7) is 0.0241. The van der Waals surface area contributed by atoms with Crippen LogP contribution in [0.1, 0.15) is 12.0 Å². The molecule has 2 aromatic carbocycles. The molecule has 0 spiro atoms. The van der Waals surface area contributed by atoms with Crippen LogP contribution < -0.4 is 5.36 Å². The van der Waals surface area contributed by atoms with Crippen molar-refractivity contribution in [1.82, 2.24) is 4.98 Å². The summed E-state index contributed by atoms with van der Waals surface area (Å²) in [5.74, 6) is 6.37. The first-order valence-corrected chi connectivity index (χ1v) is 8.49. The lowest BCUT2D eigenvalue weighted by Gasteiger charge is -2.05. The van der Waals surface area contributed by atoms with Crippen molar-refractivity contribution >= 4 is 21.7 Å². The Morgan fingerprint density at radius 3 is 2.70 bits per heavy atom. The van der Waals surface area contributed by atoms with Gasteiger partial charge < -0.3 is 14.7 Å². The van der Waals surface area contributed by atoms with E-state index in [-0.39, 0.29) is 6.61 Å². The van der Waals surface area contributed by atoms with E-state index in [2.05, 4.69) is 22.0 Å². The van der Waals surface area contributed by atoms with Crippen LogP contribution in [0.5, 0.6) is 0 Å². The average molecular weight is 356 g/mol. The first-order valence-electron chi connectivity index (χ1n) is 8.49. The predicted molar refractivity (Wildman–Crippen MR) is 103 cm³/mol. The number of aliphatic hydroxyl groups is 1. The molecule has 0 aliphatic heterocycles. The summed E-state index contributed by atoms with van der Waals surface area (Å²) < 4.78 is 6.04. The van der Waals surface area contributed by atoms with Gasteiger partial charge in [-0.05, 0) is 29.7 Å². The standard InChI is InChI=1S/C22H16N2O3/c25-10-4-3-5-15-8-9-18-19(24-26)13-22(27-21(18)11-15)20-12-16-6-1-2-7-17(16)14-23-20/h1-2,6-9,11-14,25-26H,4,10H2. The van der Waals surface area contributed by atoms with Crippen molar-refractivity contribution in [1.29, 1.82) is 0 Å². The summed E-state index contributed by atoms with van der Waals surface area (Å²) in [6, 6.07) is 17.0. The van der Waals surface area contributed by atoms with Crippen molar-refractivity contribution < 1.29 is 14.7 Å². The van der Waals surface area contributed by atoms with Gasteiger partial charge in [0.1, 0.15) is 16.6 Å². The van der Waals surface area contributed by atoms with Crippen LogP contribution in [0, 0.1) is 11.8 Å². The van der Waals surface area contributed by atoms with Crippen LogP contribution in [0.3, 0.4) is 0 Å². The molecular formula is C22H16N2O3. The zero-order chi connectivity index (χ0) is 18.6. The maximum Gasteiger partial charge on any atom is 0.155 e. The number of aromatic nitrogens is 1. The molecule has 0 radical (unpaired) electrons. The van der Waals surface area contributed by atoms with E-state index in [4.69, 9.17) is 9.52 Å². The number of hydrogen-bond donors (Lipinski definition) is 2. The van der Waals surface area contributed by atoms with Crippen molar-refractivity contribution in [2.45, 2.75) is 6.42 Å². The van der Waals surface area contributed by atoms with Crippen LogP contribution in [0.2, 0.25) is 0 Å².